The van der Waals surface area contributed by atoms with Crippen LogP contribution in [0.15, 0.2) is 18.3 Å². The van der Waals surface area contributed by atoms with Gasteiger partial charge in [-0.1, -0.05) is 27.7 Å². The second-order valence-electron chi connectivity index (χ2n) is 9.41. The SMILES string of the molecule is CCc1nc(-c2ccc(N3CCN([C@@H]4CCC(C(C)(C)C)C4)CC3)cn2)n[nH]1. The summed E-state index contributed by atoms with van der Waals surface area (Å²) >= 11 is 0. The molecule has 0 aromatic carbocycles. The molecule has 0 bridgehead atoms. The number of rotatable bonds is 4. The van der Waals surface area contributed by atoms with E-state index < -0.39 is 0 Å². The van der Waals surface area contributed by atoms with Gasteiger partial charge < -0.3 is 4.90 Å². The molecule has 6 nitrogen and oxygen atoms in total. The Hall–Kier alpha value is -1.95. The number of anilines is 1. The zero-order valence-corrected chi connectivity index (χ0v) is 17.8. The Labute approximate surface area is 168 Å². The van der Waals surface area contributed by atoms with Crippen molar-refractivity contribution in [3.63, 3.8) is 0 Å². The van der Waals surface area contributed by atoms with Gasteiger partial charge in [-0.05, 0) is 42.7 Å². The topological polar surface area (TPSA) is 60.9 Å². The largest absolute Gasteiger partial charge is 0.368 e. The average molecular weight is 383 g/mol. The van der Waals surface area contributed by atoms with E-state index in [-0.39, 0.29) is 0 Å². The maximum absolute atomic E-state index is 4.60. The molecule has 1 unspecified atom stereocenters. The number of piperazine rings is 1. The van der Waals surface area contributed by atoms with Crippen molar-refractivity contribution in [2.45, 2.75) is 59.4 Å². The average Bonchev–Trinajstić information content (AvgIpc) is 3.38. The standard InChI is InChI=1S/C22H34N6/c1-5-20-24-21(26-25-20)19-9-8-18(15-23-19)28-12-10-27(11-13-28)17-7-6-16(14-17)22(2,3)4/h8-9,15-17H,5-7,10-14H2,1-4H3,(H,24,25,26)/t16?,17-/m1/s1. The van der Waals surface area contributed by atoms with Crippen LogP contribution < -0.4 is 4.90 Å². The van der Waals surface area contributed by atoms with E-state index in [1.54, 1.807) is 0 Å². The van der Waals surface area contributed by atoms with Gasteiger partial charge in [-0.3, -0.25) is 15.0 Å². The molecule has 3 heterocycles. The van der Waals surface area contributed by atoms with E-state index in [4.69, 9.17) is 0 Å². The summed E-state index contributed by atoms with van der Waals surface area (Å²) in [6.45, 7) is 13.7. The number of H-pyrrole nitrogens is 1. The number of aromatic nitrogens is 4. The third-order valence-electron chi connectivity index (χ3n) is 6.67. The van der Waals surface area contributed by atoms with E-state index in [1.807, 2.05) is 12.3 Å². The van der Waals surface area contributed by atoms with Gasteiger partial charge in [0.2, 0.25) is 0 Å². The van der Waals surface area contributed by atoms with Crippen molar-refractivity contribution < 1.29 is 0 Å². The van der Waals surface area contributed by atoms with Gasteiger partial charge in [-0.15, -0.1) is 0 Å². The van der Waals surface area contributed by atoms with Gasteiger partial charge in [0.25, 0.3) is 0 Å². The first-order valence-corrected chi connectivity index (χ1v) is 10.8. The molecule has 0 radical (unpaired) electrons. The lowest BCUT2D eigenvalue weighted by Crippen LogP contribution is -2.50. The number of hydrogen-bond acceptors (Lipinski definition) is 5. The molecule has 6 heteroatoms. The van der Waals surface area contributed by atoms with Crippen LogP contribution >= 0.6 is 0 Å². The molecule has 2 aromatic rings. The Morgan fingerprint density at radius 3 is 2.46 bits per heavy atom. The van der Waals surface area contributed by atoms with Crippen molar-refractivity contribution in [1.82, 2.24) is 25.1 Å². The minimum absolute atomic E-state index is 0.449. The molecule has 1 aliphatic carbocycles. The van der Waals surface area contributed by atoms with Gasteiger partial charge in [0.05, 0.1) is 11.9 Å². The number of aryl methyl sites for hydroxylation is 1. The molecule has 2 aromatic heterocycles. The van der Waals surface area contributed by atoms with Gasteiger partial charge >= 0.3 is 0 Å². The third kappa shape index (κ3) is 4.07. The number of hydrogen-bond donors (Lipinski definition) is 1. The zero-order valence-electron chi connectivity index (χ0n) is 17.8. The van der Waals surface area contributed by atoms with Crippen molar-refractivity contribution in [2.24, 2.45) is 11.3 Å². The molecule has 2 atom stereocenters. The molecular formula is C22H34N6. The van der Waals surface area contributed by atoms with Crippen LogP contribution in [0.25, 0.3) is 11.5 Å². The van der Waals surface area contributed by atoms with Crippen LogP contribution in [0.3, 0.4) is 0 Å². The fourth-order valence-corrected chi connectivity index (χ4v) is 4.69. The summed E-state index contributed by atoms with van der Waals surface area (Å²) in [4.78, 5) is 14.3. The van der Waals surface area contributed by atoms with E-state index >= 15 is 0 Å². The first kappa shape index (κ1) is 19.4. The van der Waals surface area contributed by atoms with Gasteiger partial charge in [0.1, 0.15) is 11.5 Å². The maximum atomic E-state index is 4.60. The van der Waals surface area contributed by atoms with Crippen molar-refractivity contribution in [3.05, 3.63) is 24.2 Å². The van der Waals surface area contributed by atoms with Gasteiger partial charge in [-0.2, -0.15) is 5.10 Å². The lowest BCUT2D eigenvalue weighted by Gasteiger charge is -2.39. The molecule has 1 saturated heterocycles. The lowest BCUT2D eigenvalue weighted by atomic mass is 9.79. The molecule has 1 aliphatic heterocycles. The van der Waals surface area contributed by atoms with Crippen molar-refractivity contribution >= 4 is 5.69 Å². The maximum Gasteiger partial charge on any atom is 0.199 e. The van der Waals surface area contributed by atoms with Crippen LogP contribution in [-0.2, 0) is 6.42 Å². The summed E-state index contributed by atoms with van der Waals surface area (Å²) in [6.07, 6.45) is 6.95. The predicted octanol–water partition coefficient (Wildman–Crippen LogP) is 3.77. The number of aromatic amines is 1. The highest BCUT2D eigenvalue weighted by atomic mass is 15.3. The fourth-order valence-electron chi connectivity index (χ4n) is 4.69. The van der Waals surface area contributed by atoms with Gasteiger partial charge in [0, 0.05) is 38.6 Å². The Kier molecular flexibility index (Phi) is 5.41. The van der Waals surface area contributed by atoms with E-state index in [2.05, 4.69) is 63.7 Å². The molecular weight excluding hydrogens is 348 g/mol. The Balaban J connectivity index is 1.33. The van der Waals surface area contributed by atoms with E-state index in [9.17, 15) is 0 Å². The highest BCUT2D eigenvalue weighted by Crippen LogP contribution is 2.41. The summed E-state index contributed by atoms with van der Waals surface area (Å²) in [5.74, 6) is 2.46. The lowest BCUT2D eigenvalue weighted by molar-refractivity contribution is 0.167. The molecule has 1 N–H and O–H groups in total. The van der Waals surface area contributed by atoms with Gasteiger partial charge in [0.15, 0.2) is 5.82 Å². The van der Waals surface area contributed by atoms with Crippen LogP contribution in [0, 0.1) is 11.3 Å². The molecule has 2 fully saturated rings. The molecule has 152 valence electrons. The first-order chi connectivity index (χ1) is 13.4. The van der Waals surface area contributed by atoms with Crippen molar-refractivity contribution in [2.75, 3.05) is 31.1 Å². The predicted molar refractivity (Wildman–Crippen MR) is 113 cm³/mol. The Bertz CT molecular complexity index is 767. The summed E-state index contributed by atoms with van der Waals surface area (Å²) in [7, 11) is 0. The highest BCUT2D eigenvalue weighted by Gasteiger charge is 2.36. The summed E-state index contributed by atoms with van der Waals surface area (Å²) in [5.41, 5.74) is 2.48. The van der Waals surface area contributed by atoms with Crippen molar-refractivity contribution in [1.29, 1.82) is 0 Å². The Morgan fingerprint density at radius 1 is 1.11 bits per heavy atom. The number of nitrogens with one attached hydrogen (secondary N) is 1. The summed E-state index contributed by atoms with van der Waals surface area (Å²) in [6, 6.07) is 4.98. The fraction of sp³-hybridized carbons (Fsp3) is 0.682. The van der Waals surface area contributed by atoms with Crippen LogP contribution in [0.4, 0.5) is 5.69 Å². The summed E-state index contributed by atoms with van der Waals surface area (Å²) < 4.78 is 0. The first-order valence-electron chi connectivity index (χ1n) is 10.8. The Morgan fingerprint density at radius 2 is 1.89 bits per heavy atom. The van der Waals surface area contributed by atoms with Crippen LogP contribution in [0.1, 0.15) is 52.8 Å². The third-order valence-corrected chi connectivity index (χ3v) is 6.67. The highest BCUT2D eigenvalue weighted by molar-refractivity contribution is 5.54. The van der Waals surface area contributed by atoms with Crippen LogP contribution in [0.2, 0.25) is 0 Å². The van der Waals surface area contributed by atoms with Crippen LogP contribution in [-0.4, -0.2) is 57.3 Å². The molecule has 4 rings (SSSR count). The van der Waals surface area contributed by atoms with E-state index in [0.717, 1.165) is 56.1 Å². The smallest absolute Gasteiger partial charge is 0.199 e. The van der Waals surface area contributed by atoms with Crippen molar-refractivity contribution in [3.8, 4) is 11.5 Å². The van der Waals surface area contributed by atoms with E-state index in [0.29, 0.717) is 11.2 Å². The van der Waals surface area contributed by atoms with E-state index in [1.165, 1.54) is 24.9 Å². The number of nitrogens with zero attached hydrogens (tertiary/aromatic N) is 5. The quantitative estimate of drug-likeness (QED) is 0.872. The molecule has 1 saturated carbocycles. The monoisotopic (exact) mass is 382 g/mol. The molecule has 0 spiro atoms. The summed E-state index contributed by atoms with van der Waals surface area (Å²) in [5, 5.41) is 7.22. The minimum atomic E-state index is 0.449. The molecule has 2 aliphatic rings. The second kappa shape index (κ2) is 7.82. The van der Waals surface area contributed by atoms with Crippen LogP contribution in [0.5, 0.6) is 0 Å². The zero-order chi connectivity index (χ0) is 19.7. The normalized spacial score (nSPS) is 24.1. The number of pyridine rings is 1. The molecule has 0 amide bonds. The minimum Gasteiger partial charge on any atom is -0.368 e. The molecule has 28 heavy (non-hydrogen) atoms. The van der Waals surface area contributed by atoms with Gasteiger partial charge in [-0.25, -0.2) is 4.98 Å². The second-order valence-corrected chi connectivity index (χ2v) is 9.41.